The Labute approximate surface area is 340 Å². The van der Waals surface area contributed by atoms with Crippen LogP contribution in [0.15, 0.2) is 97.2 Å². The second-order valence-corrected chi connectivity index (χ2v) is 16.2. The van der Waals surface area contributed by atoms with E-state index in [-0.39, 0.29) is 44.1 Å². The van der Waals surface area contributed by atoms with Gasteiger partial charge in [-0.1, -0.05) is 101 Å². The van der Waals surface area contributed by atoms with E-state index >= 15 is 0 Å². The van der Waals surface area contributed by atoms with E-state index in [0.29, 0.717) is 19.4 Å². The minimum atomic E-state index is -1.18. The lowest BCUT2D eigenvalue weighted by Gasteiger charge is -2.35. The minimum Gasteiger partial charge on any atom is -0.464 e. The van der Waals surface area contributed by atoms with Gasteiger partial charge in [0.2, 0.25) is 5.91 Å². The van der Waals surface area contributed by atoms with Crippen molar-refractivity contribution in [3.05, 3.63) is 120 Å². The first-order chi connectivity index (χ1) is 27.8. The van der Waals surface area contributed by atoms with Crippen molar-refractivity contribution in [1.82, 2.24) is 35.9 Å². The quantitative estimate of drug-likeness (QED) is 0.0667. The van der Waals surface area contributed by atoms with Crippen LogP contribution in [0.3, 0.4) is 0 Å². The lowest BCUT2D eigenvalue weighted by molar-refractivity contribution is -0.152. The summed E-state index contributed by atoms with van der Waals surface area (Å²) in [5.41, 5.74) is 7.37. The third-order valence-corrected chi connectivity index (χ3v) is 11.3. The molecular weight excluding hydrogens is 735 g/mol. The van der Waals surface area contributed by atoms with E-state index in [1.807, 2.05) is 126 Å². The average Bonchev–Trinajstić information content (AvgIpc) is 3.71. The van der Waals surface area contributed by atoms with Crippen LogP contribution in [0.5, 0.6) is 0 Å². The van der Waals surface area contributed by atoms with Gasteiger partial charge in [0.15, 0.2) is 0 Å². The highest BCUT2D eigenvalue weighted by Gasteiger charge is 2.50. The Balaban J connectivity index is 1.23. The number of aliphatic hydroxyl groups excluding tert-OH is 1. The first-order valence-electron chi connectivity index (χ1n) is 20.1. The Morgan fingerprint density at radius 1 is 1.00 bits per heavy atom. The number of carbonyl (C=O) groups is 4. The molecule has 6 atom stereocenters. The lowest BCUT2D eigenvalue weighted by atomic mass is 9.81. The van der Waals surface area contributed by atoms with Crippen LogP contribution < -0.4 is 16.1 Å². The van der Waals surface area contributed by atoms with E-state index in [1.54, 1.807) is 11.1 Å². The molecule has 0 saturated carbocycles. The van der Waals surface area contributed by atoms with Crippen LogP contribution in [0.2, 0.25) is 0 Å². The van der Waals surface area contributed by atoms with Crippen LogP contribution >= 0.6 is 0 Å². The molecule has 2 aliphatic rings. The van der Waals surface area contributed by atoms with Gasteiger partial charge in [-0.25, -0.2) is 10.2 Å². The average molecular weight is 790 g/mol. The number of aliphatic hydroxyl groups is 1. The van der Waals surface area contributed by atoms with E-state index in [2.05, 4.69) is 26.0 Å². The van der Waals surface area contributed by atoms with Crippen LogP contribution in [0, 0.1) is 30.1 Å². The Morgan fingerprint density at radius 3 is 2.40 bits per heavy atom. The molecule has 306 valence electrons. The molecule has 0 spiro atoms. The fourth-order valence-corrected chi connectivity index (χ4v) is 7.81. The van der Waals surface area contributed by atoms with Gasteiger partial charge in [0.05, 0.1) is 55.2 Å². The molecule has 2 aromatic heterocycles. The van der Waals surface area contributed by atoms with Gasteiger partial charge in [0.25, 0.3) is 5.91 Å². The monoisotopic (exact) mass is 789 g/mol. The SMILES string of the molecule is CCC(C)C(C(=O)NC(Cc1ccccc1)C(O)CNN(Cc1ccc(-c2ccccn2)cc1)C(=O)C1C(=O)OCC1(C)C)C1CNC(=O)N1Cc1cccc(C)n1. The fraction of sp³-hybridized carbons (Fsp3) is 0.422. The van der Waals surface area contributed by atoms with Crippen LogP contribution in [-0.2, 0) is 38.6 Å². The highest BCUT2D eigenvalue weighted by molar-refractivity contribution is 5.99. The fourth-order valence-electron chi connectivity index (χ4n) is 7.81. The molecule has 4 N–H and O–H groups in total. The molecule has 0 aliphatic carbocycles. The molecule has 2 aliphatic heterocycles. The van der Waals surface area contributed by atoms with Crippen molar-refractivity contribution in [2.24, 2.45) is 23.2 Å². The number of ether oxygens (including phenoxy) is 1. The minimum absolute atomic E-state index is 0.0913. The van der Waals surface area contributed by atoms with E-state index in [1.165, 1.54) is 5.01 Å². The van der Waals surface area contributed by atoms with Crippen molar-refractivity contribution in [3.63, 3.8) is 0 Å². The maximum atomic E-state index is 14.5. The van der Waals surface area contributed by atoms with Gasteiger partial charge in [0.1, 0.15) is 5.92 Å². The third-order valence-electron chi connectivity index (χ3n) is 11.3. The molecule has 2 aromatic carbocycles. The Bertz CT molecular complexity index is 2030. The zero-order valence-corrected chi connectivity index (χ0v) is 33.9. The molecule has 13 heteroatoms. The summed E-state index contributed by atoms with van der Waals surface area (Å²) < 4.78 is 5.34. The van der Waals surface area contributed by atoms with Crippen molar-refractivity contribution in [1.29, 1.82) is 0 Å². The molecule has 0 bridgehead atoms. The zero-order valence-electron chi connectivity index (χ0n) is 33.9. The summed E-state index contributed by atoms with van der Waals surface area (Å²) in [7, 11) is 0. The molecule has 2 saturated heterocycles. The number of esters is 1. The molecule has 4 amide bonds. The molecular formula is C45H55N7O6. The molecule has 6 unspecified atom stereocenters. The third kappa shape index (κ3) is 10.1. The number of aryl methyl sites for hydroxylation is 1. The first kappa shape index (κ1) is 42.0. The second-order valence-electron chi connectivity index (χ2n) is 16.2. The predicted octanol–water partition coefficient (Wildman–Crippen LogP) is 4.83. The Kier molecular flexibility index (Phi) is 13.6. The largest absolute Gasteiger partial charge is 0.464 e. The molecule has 4 aromatic rings. The summed E-state index contributed by atoms with van der Waals surface area (Å²) >= 11 is 0. The zero-order chi connectivity index (χ0) is 41.4. The van der Waals surface area contributed by atoms with Gasteiger partial charge in [0, 0.05) is 36.0 Å². The number of benzene rings is 2. The van der Waals surface area contributed by atoms with Gasteiger partial charge < -0.3 is 25.4 Å². The molecule has 6 rings (SSSR count). The number of urea groups is 1. The van der Waals surface area contributed by atoms with Crippen molar-refractivity contribution in [2.75, 3.05) is 19.7 Å². The van der Waals surface area contributed by atoms with Crippen molar-refractivity contribution in [3.8, 4) is 11.3 Å². The van der Waals surface area contributed by atoms with Crippen molar-refractivity contribution in [2.45, 2.75) is 78.7 Å². The smallest absolute Gasteiger partial charge is 0.319 e. The number of amides is 4. The van der Waals surface area contributed by atoms with E-state index in [0.717, 1.165) is 33.8 Å². The Hall–Kier alpha value is -5.66. The number of hydrogen-bond acceptors (Lipinski definition) is 9. The van der Waals surface area contributed by atoms with E-state index in [9.17, 15) is 24.3 Å². The van der Waals surface area contributed by atoms with Crippen LogP contribution in [0.4, 0.5) is 4.79 Å². The van der Waals surface area contributed by atoms with Crippen LogP contribution in [0.25, 0.3) is 11.3 Å². The van der Waals surface area contributed by atoms with Gasteiger partial charge in [-0.15, -0.1) is 0 Å². The molecule has 0 radical (unpaired) electrons. The number of rotatable bonds is 17. The number of nitrogens with one attached hydrogen (secondary N) is 3. The summed E-state index contributed by atoms with van der Waals surface area (Å²) in [5, 5.41) is 19.4. The van der Waals surface area contributed by atoms with Gasteiger partial charge in [-0.3, -0.25) is 29.4 Å². The standard InChI is InChI=1S/C45H55N7O6/c1-6-29(2)39(37-24-47-44(57)51(37)27-34-16-12-13-30(3)49-34)41(54)50-36(23-31-14-8-7-9-15-31)38(53)25-48-52(42(55)40-43(56)58-28-45(40,4)5)26-32-18-20-33(21-19-32)35-17-10-11-22-46-35/h7-22,29,36-40,48,53H,6,23-28H2,1-5H3,(H,47,57)(H,50,54). The van der Waals surface area contributed by atoms with Gasteiger partial charge in [-0.2, -0.15) is 0 Å². The number of hydrogen-bond donors (Lipinski definition) is 4. The number of nitrogens with zero attached hydrogens (tertiary/aromatic N) is 4. The first-order valence-corrected chi connectivity index (χ1v) is 20.1. The summed E-state index contributed by atoms with van der Waals surface area (Å²) in [5.74, 6) is -3.11. The molecule has 4 heterocycles. The topological polar surface area (TPSA) is 166 Å². The highest BCUT2D eigenvalue weighted by atomic mass is 16.5. The van der Waals surface area contributed by atoms with Crippen LogP contribution in [0.1, 0.15) is 56.6 Å². The number of pyridine rings is 2. The molecule has 2 fully saturated rings. The van der Waals surface area contributed by atoms with Gasteiger partial charge in [-0.05, 0) is 54.7 Å². The number of carbonyl (C=O) groups excluding carboxylic acids is 4. The number of aromatic nitrogens is 2. The number of cyclic esters (lactones) is 1. The van der Waals surface area contributed by atoms with E-state index in [4.69, 9.17) is 4.74 Å². The summed E-state index contributed by atoms with van der Waals surface area (Å²) in [6, 6.07) is 27.1. The lowest BCUT2D eigenvalue weighted by Crippen LogP contribution is -2.57. The number of hydrazine groups is 1. The van der Waals surface area contributed by atoms with Crippen LogP contribution in [-0.4, -0.2) is 86.7 Å². The molecule has 58 heavy (non-hydrogen) atoms. The van der Waals surface area contributed by atoms with E-state index < -0.39 is 47.3 Å². The van der Waals surface area contributed by atoms with Crippen molar-refractivity contribution < 1.29 is 29.0 Å². The summed E-state index contributed by atoms with van der Waals surface area (Å²) in [6.45, 7) is 10.2. The van der Waals surface area contributed by atoms with Gasteiger partial charge >= 0.3 is 12.0 Å². The highest BCUT2D eigenvalue weighted by Crippen LogP contribution is 2.36. The Morgan fingerprint density at radius 2 is 1.74 bits per heavy atom. The summed E-state index contributed by atoms with van der Waals surface area (Å²) in [4.78, 5) is 65.6. The van der Waals surface area contributed by atoms with Crippen molar-refractivity contribution >= 4 is 23.8 Å². The second kappa shape index (κ2) is 18.7. The molecule has 13 nitrogen and oxygen atoms in total. The maximum Gasteiger partial charge on any atom is 0.319 e. The maximum absolute atomic E-state index is 14.5. The summed E-state index contributed by atoms with van der Waals surface area (Å²) in [6.07, 6.45) is 1.53. The normalized spacial score (nSPS) is 19.4. The predicted molar refractivity (Wildman–Crippen MR) is 219 cm³/mol.